The number of methoxy groups -OCH3 is 1. The second-order valence-electron chi connectivity index (χ2n) is 7.86. The third kappa shape index (κ3) is 4.85. The monoisotopic (exact) mass is 445 g/mol. The quantitative estimate of drug-likeness (QED) is 0.725. The van der Waals surface area contributed by atoms with Gasteiger partial charge in [-0.3, -0.25) is 4.79 Å². The first-order valence-corrected chi connectivity index (χ1v) is 11.0. The predicted octanol–water partition coefficient (Wildman–Crippen LogP) is 3.73. The van der Waals surface area contributed by atoms with E-state index in [1.54, 1.807) is 30.3 Å². The van der Waals surface area contributed by atoms with Gasteiger partial charge in [-0.1, -0.05) is 24.4 Å². The number of carbonyl (C=O) groups excluding carboxylic acids is 1. The Morgan fingerprint density at radius 2 is 2.03 bits per heavy atom. The number of nitrogens with zero attached hydrogens (tertiary/aromatic N) is 4. The van der Waals surface area contributed by atoms with E-state index in [1.165, 1.54) is 12.8 Å². The van der Waals surface area contributed by atoms with Crippen molar-refractivity contribution in [1.82, 2.24) is 14.9 Å². The average Bonchev–Trinajstić information content (AvgIpc) is 3.35. The van der Waals surface area contributed by atoms with E-state index in [4.69, 9.17) is 21.1 Å². The molecular weight excluding hydrogens is 418 g/mol. The van der Waals surface area contributed by atoms with E-state index in [9.17, 15) is 4.79 Å². The Morgan fingerprint density at radius 1 is 1.29 bits per heavy atom. The molecule has 0 unspecified atom stereocenters. The minimum Gasteiger partial charge on any atom is -0.495 e. The molecule has 0 bridgehead atoms. The van der Waals surface area contributed by atoms with Crippen molar-refractivity contribution in [3.63, 3.8) is 0 Å². The van der Waals surface area contributed by atoms with Crippen molar-refractivity contribution < 1.29 is 14.3 Å². The summed E-state index contributed by atoms with van der Waals surface area (Å²) in [6.45, 7) is 2.32. The molecule has 0 spiro atoms. The van der Waals surface area contributed by atoms with Crippen molar-refractivity contribution in [2.24, 2.45) is 0 Å². The summed E-state index contributed by atoms with van der Waals surface area (Å²) in [7, 11) is 3.60. The van der Waals surface area contributed by atoms with Crippen molar-refractivity contribution in [2.45, 2.75) is 31.7 Å². The van der Waals surface area contributed by atoms with Crippen LogP contribution in [0, 0.1) is 0 Å². The first-order valence-electron chi connectivity index (χ1n) is 10.6. The summed E-state index contributed by atoms with van der Waals surface area (Å²) in [6, 6.07) is 5.77. The molecule has 166 valence electrons. The number of hydrogen-bond donors (Lipinski definition) is 1. The maximum absolute atomic E-state index is 12.8. The lowest BCUT2D eigenvalue weighted by Gasteiger charge is -2.27. The number of amides is 1. The maximum Gasteiger partial charge on any atom is 0.254 e. The van der Waals surface area contributed by atoms with Crippen LogP contribution in [-0.2, 0) is 4.74 Å². The second kappa shape index (κ2) is 9.70. The number of aromatic nitrogens is 2. The lowest BCUT2D eigenvalue weighted by Crippen LogP contribution is -2.40. The van der Waals surface area contributed by atoms with E-state index < -0.39 is 0 Å². The number of rotatable bonds is 6. The number of hydrogen-bond acceptors (Lipinski definition) is 7. The fourth-order valence-corrected chi connectivity index (χ4v) is 4.35. The van der Waals surface area contributed by atoms with E-state index in [2.05, 4.69) is 20.2 Å². The molecule has 1 aromatic heterocycles. The first kappa shape index (κ1) is 21.6. The number of ether oxygens (including phenoxy) is 2. The van der Waals surface area contributed by atoms with Crippen LogP contribution >= 0.6 is 11.6 Å². The summed E-state index contributed by atoms with van der Waals surface area (Å²) >= 11 is 6.39. The van der Waals surface area contributed by atoms with Crippen LogP contribution in [0.1, 0.15) is 36.0 Å². The normalized spacial score (nSPS) is 16.9. The summed E-state index contributed by atoms with van der Waals surface area (Å²) in [6.07, 6.45) is 6.36. The van der Waals surface area contributed by atoms with Gasteiger partial charge in [0.2, 0.25) is 5.95 Å². The minimum absolute atomic E-state index is 0.0311. The number of nitrogens with one attached hydrogen (secondary N) is 1. The molecule has 1 aromatic carbocycles. The summed E-state index contributed by atoms with van der Waals surface area (Å²) in [5.74, 6) is 1.65. The molecule has 8 nitrogen and oxygen atoms in total. The van der Waals surface area contributed by atoms with Gasteiger partial charge in [-0.25, -0.2) is 4.98 Å². The first-order chi connectivity index (χ1) is 15.1. The molecule has 4 rings (SSSR count). The molecular formula is C22H28ClN5O3. The third-order valence-electron chi connectivity index (χ3n) is 5.93. The van der Waals surface area contributed by atoms with Crippen LogP contribution < -0.4 is 15.0 Å². The number of carbonyl (C=O) groups is 1. The molecule has 1 aliphatic carbocycles. The lowest BCUT2D eigenvalue weighted by atomic mass is 10.1. The fourth-order valence-electron chi connectivity index (χ4n) is 4.13. The third-order valence-corrected chi connectivity index (χ3v) is 6.19. The molecule has 2 aliphatic rings. The molecule has 1 N–H and O–H groups in total. The number of morpholine rings is 1. The van der Waals surface area contributed by atoms with Crippen molar-refractivity contribution in [1.29, 1.82) is 0 Å². The average molecular weight is 446 g/mol. The molecule has 0 radical (unpaired) electrons. The van der Waals surface area contributed by atoms with Gasteiger partial charge in [-0.05, 0) is 31.0 Å². The lowest BCUT2D eigenvalue weighted by molar-refractivity contribution is 0.0302. The van der Waals surface area contributed by atoms with Crippen LogP contribution in [0.4, 0.5) is 17.5 Å². The molecule has 9 heteroatoms. The zero-order chi connectivity index (χ0) is 21.8. The predicted molar refractivity (Wildman–Crippen MR) is 121 cm³/mol. The molecule has 2 heterocycles. The van der Waals surface area contributed by atoms with E-state index in [-0.39, 0.29) is 5.91 Å². The summed E-state index contributed by atoms with van der Waals surface area (Å²) < 4.78 is 10.9. The topological polar surface area (TPSA) is 79.8 Å². The van der Waals surface area contributed by atoms with Crippen LogP contribution in [0.3, 0.4) is 0 Å². The zero-order valence-electron chi connectivity index (χ0n) is 17.9. The van der Waals surface area contributed by atoms with Gasteiger partial charge in [-0.2, -0.15) is 4.98 Å². The van der Waals surface area contributed by atoms with Crippen molar-refractivity contribution in [3.05, 3.63) is 35.0 Å². The van der Waals surface area contributed by atoms with E-state index in [1.807, 2.05) is 13.1 Å². The standard InChI is InChI=1S/C22H28ClN5O3/c1-27(16-5-3-4-6-16)20-17(23)14-24-22(26-20)25-18-8-7-15(13-19(18)30-2)21(29)28-9-11-31-12-10-28/h7-8,13-14,16H,3-6,9-12H2,1-2H3,(H,24,25,26). The van der Waals surface area contributed by atoms with E-state index in [0.717, 1.165) is 12.8 Å². The molecule has 1 aliphatic heterocycles. The zero-order valence-corrected chi connectivity index (χ0v) is 18.7. The van der Waals surface area contributed by atoms with Crippen molar-refractivity contribution >= 4 is 35.0 Å². The Balaban J connectivity index is 1.53. The Labute approximate surface area is 187 Å². The van der Waals surface area contributed by atoms with E-state index in [0.29, 0.717) is 66.1 Å². The highest BCUT2D eigenvalue weighted by Crippen LogP contribution is 2.32. The Kier molecular flexibility index (Phi) is 6.77. The van der Waals surface area contributed by atoms with Gasteiger partial charge >= 0.3 is 0 Å². The summed E-state index contributed by atoms with van der Waals surface area (Å²) in [5, 5.41) is 3.73. The van der Waals surface area contributed by atoms with Crippen LogP contribution in [0.15, 0.2) is 24.4 Å². The molecule has 1 saturated carbocycles. The Hall–Kier alpha value is -2.58. The van der Waals surface area contributed by atoms with Gasteiger partial charge in [0.25, 0.3) is 5.91 Å². The van der Waals surface area contributed by atoms with Crippen molar-refractivity contribution in [3.8, 4) is 5.75 Å². The highest BCUT2D eigenvalue weighted by molar-refractivity contribution is 6.32. The molecule has 1 amide bonds. The number of benzene rings is 1. The number of halogens is 1. The van der Waals surface area contributed by atoms with Crippen LogP contribution in [0.2, 0.25) is 5.02 Å². The molecule has 2 fully saturated rings. The van der Waals surface area contributed by atoms with Crippen molar-refractivity contribution in [2.75, 3.05) is 50.7 Å². The highest BCUT2D eigenvalue weighted by atomic mass is 35.5. The fraction of sp³-hybridized carbons (Fsp3) is 0.500. The number of anilines is 3. The Bertz CT molecular complexity index is 929. The molecule has 1 saturated heterocycles. The minimum atomic E-state index is -0.0311. The van der Waals surface area contributed by atoms with Gasteiger partial charge in [0.15, 0.2) is 5.82 Å². The molecule has 0 atom stereocenters. The van der Waals surface area contributed by atoms with Gasteiger partial charge < -0.3 is 24.6 Å². The van der Waals surface area contributed by atoms with Crippen LogP contribution in [0.25, 0.3) is 0 Å². The summed E-state index contributed by atoms with van der Waals surface area (Å²) in [4.78, 5) is 25.7. The second-order valence-corrected chi connectivity index (χ2v) is 8.27. The summed E-state index contributed by atoms with van der Waals surface area (Å²) in [5.41, 5.74) is 1.25. The largest absolute Gasteiger partial charge is 0.495 e. The van der Waals surface area contributed by atoms with E-state index >= 15 is 0 Å². The highest BCUT2D eigenvalue weighted by Gasteiger charge is 2.23. The molecule has 31 heavy (non-hydrogen) atoms. The maximum atomic E-state index is 12.8. The van der Waals surface area contributed by atoms with Gasteiger partial charge in [0.05, 0.1) is 32.2 Å². The smallest absolute Gasteiger partial charge is 0.254 e. The van der Waals surface area contributed by atoms with Crippen LogP contribution in [0.5, 0.6) is 5.75 Å². The Morgan fingerprint density at radius 3 is 2.74 bits per heavy atom. The van der Waals surface area contributed by atoms with Gasteiger partial charge in [0, 0.05) is 31.7 Å². The van der Waals surface area contributed by atoms with Gasteiger partial charge in [0.1, 0.15) is 10.8 Å². The van der Waals surface area contributed by atoms with Crippen LogP contribution in [-0.4, -0.2) is 67.3 Å². The SMILES string of the molecule is COc1cc(C(=O)N2CCOCC2)ccc1Nc1ncc(Cl)c(N(C)C2CCCC2)n1. The molecule has 2 aromatic rings. The van der Waals surface area contributed by atoms with Gasteiger partial charge in [-0.15, -0.1) is 0 Å².